The van der Waals surface area contributed by atoms with Crippen LogP contribution in [0.25, 0.3) is 0 Å². The predicted octanol–water partition coefficient (Wildman–Crippen LogP) is 1.80. The molecule has 1 aromatic carbocycles. The largest absolute Gasteiger partial charge is 0.390 e. The Morgan fingerprint density at radius 1 is 1.50 bits per heavy atom. The third kappa shape index (κ3) is 4.55. The fourth-order valence-electron chi connectivity index (χ4n) is 1.61. The van der Waals surface area contributed by atoms with Crippen LogP contribution in [0.15, 0.2) is 18.2 Å². The molecule has 20 heavy (non-hydrogen) atoms. The van der Waals surface area contributed by atoms with Crippen molar-refractivity contribution < 1.29 is 24.3 Å². The van der Waals surface area contributed by atoms with Gasteiger partial charge in [0.2, 0.25) is 0 Å². The minimum atomic E-state index is -1.51. The lowest BCUT2D eigenvalue weighted by atomic mass is 10.0. The van der Waals surface area contributed by atoms with Crippen LogP contribution < -0.4 is 0 Å². The van der Waals surface area contributed by atoms with Crippen LogP contribution in [0, 0.1) is 15.9 Å². The van der Waals surface area contributed by atoms with Crippen molar-refractivity contribution in [2.45, 2.75) is 25.6 Å². The second kappa shape index (κ2) is 7.32. The molecule has 2 atom stereocenters. The Morgan fingerprint density at radius 2 is 2.15 bits per heavy atom. The predicted molar refractivity (Wildman–Crippen MR) is 71.8 cm³/mol. The summed E-state index contributed by atoms with van der Waals surface area (Å²) in [6, 6.07) is 2.73. The number of carbonyl (C=O) groups is 1. The molecule has 0 fully saturated rings. The van der Waals surface area contributed by atoms with Crippen LogP contribution >= 0.6 is 11.8 Å². The number of halogens is 1. The fourth-order valence-corrected chi connectivity index (χ4v) is 2.26. The minimum Gasteiger partial charge on any atom is -0.390 e. The first-order valence-electron chi connectivity index (χ1n) is 5.76. The van der Waals surface area contributed by atoms with Gasteiger partial charge in [-0.25, -0.2) is 4.39 Å². The number of thioether (sulfide) groups is 1. The van der Waals surface area contributed by atoms with E-state index in [0.717, 1.165) is 23.9 Å². The van der Waals surface area contributed by atoms with Crippen LogP contribution in [0.1, 0.15) is 25.0 Å². The highest BCUT2D eigenvalue weighted by Gasteiger charge is 2.26. The van der Waals surface area contributed by atoms with Gasteiger partial charge in [-0.1, -0.05) is 11.8 Å². The minimum absolute atomic E-state index is 0.0833. The number of aliphatic hydroxyl groups is 2. The number of carbonyl (C=O) groups excluding carboxylic acids is 1. The van der Waals surface area contributed by atoms with E-state index in [0.29, 0.717) is 6.07 Å². The van der Waals surface area contributed by atoms with E-state index in [1.807, 2.05) is 0 Å². The van der Waals surface area contributed by atoms with Gasteiger partial charge in [0.15, 0.2) is 5.12 Å². The van der Waals surface area contributed by atoms with Crippen LogP contribution in [0.2, 0.25) is 0 Å². The van der Waals surface area contributed by atoms with E-state index < -0.39 is 28.6 Å². The number of nitro benzene ring substituents is 1. The third-order valence-electron chi connectivity index (χ3n) is 2.59. The maximum absolute atomic E-state index is 13.0. The van der Waals surface area contributed by atoms with Crippen LogP contribution in [-0.2, 0) is 4.79 Å². The zero-order valence-electron chi connectivity index (χ0n) is 10.7. The number of hydrogen-bond donors (Lipinski definition) is 2. The first-order valence-corrected chi connectivity index (χ1v) is 6.74. The fraction of sp³-hybridized carbons (Fsp3) is 0.417. The van der Waals surface area contributed by atoms with Gasteiger partial charge >= 0.3 is 0 Å². The van der Waals surface area contributed by atoms with Gasteiger partial charge in [0.05, 0.1) is 22.7 Å². The Kier molecular flexibility index (Phi) is 6.05. The third-order valence-corrected chi connectivity index (χ3v) is 3.44. The molecular weight excluding hydrogens is 289 g/mol. The second-order valence-electron chi connectivity index (χ2n) is 4.10. The van der Waals surface area contributed by atoms with E-state index in [2.05, 4.69) is 0 Å². The van der Waals surface area contributed by atoms with Gasteiger partial charge in [-0.3, -0.25) is 14.9 Å². The van der Waals surface area contributed by atoms with Crippen molar-refractivity contribution in [3.8, 4) is 0 Å². The summed E-state index contributed by atoms with van der Waals surface area (Å²) in [6.07, 6.45) is -2.70. The van der Waals surface area contributed by atoms with Crippen molar-refractivity contribution in [2.75, 3.05) is 5.75 Å². The lowest BCUT2D eigenvalue weighted by molar-refractivity contribution is -0.386. The summed E-state index contributed by atoms with van der Waals surface area (Å²) in [4.78, 5) is 20.7. The van der Waals surface area contributed by atoms with Crippen molar-refractivity contribution in [3.63, 3.8) is 0 Å². The molecule has 0 aliphatic heterocycles. The molecule has 0 aromatic heterocycles. The van der Waals surface area contributed by atoms with Gasteiger partial charge in [-0.15, -0.1) is 0 Å². The lowest BCUT2D eigenvalue weighted by Gasteiger charge is -2.17. The van der Waals surface area contributed by atoms with E-state index >= 15 is 0 Å². The molecule has 0 saturated heterocycles. The SMILES string of the molecule is CC(=O)SCCC(O)C(O)c1ccc(F)cc1[N+](=O)[O-]. The van der Waals surface area contributed by atoms with Crippen molar-refractivity contribution in [3.05, 3.63) is 39.7 Å². The maximum Gasteiger partial charge on any atom is 0.278 e. The highest BCUT2D eigenvalue weighted by atomic mass is 32.2. The van der Waals surface area contributed by atoms with Crippen LogP contribution in [-0.4, -0.2) is 32.1 Å². The maximum atomic E-state index is 13.0. The molecule has 110 valence electrons. The number of hydrogen-bond acceptors (Lipinski definition) is 6. The molecule has 6 nitrogen and oxygen atoms in total. The lowest BCUT2D eigenvalue weighted by Crippen LogP contribution is -2.20. The molecule has 8 heteroatoms. The molecule has 1 aromatic rings. The smallest absolute Gasteiger partial charge is 0.278 e. The molecule has 0 bridgehead atoms. The van der Waals surface area contributed by atoms with Gasteiger partial charge < -0.3 is 10.2 Å². The van der Waals surface area contributed by atoms with Crippen LogP contribution in [0.4, 0.5) is 10.1 Å². The molecule has 0 aliphatic carbocycles. The second-order valence-corrected chi connectivity index (χ2v) is 5.37. The summed E-state index contributed by atoms with van der Waals surface area (Å²) in [5.74, 6) is -0.517. The molecule has 0 aliphatic rings. The molecule has 0 spiro atoms. The van der Waals surface area contributed by atoms with Gasteiger partial charge in [0.25, 0.3) is 5.69 Å². The number of nitro groups is 1. The van der Waals surface area contributed by atoms with Crippen molar-refractivity contribution in [2.24, 2.45) is 0 Å². The number of rotatable bonds is 6. The number of benzene rings is 1. The molecule has 1 rings (SSSR count). The monoisotopic (exact) mass is 303 g/mol. The molecular formula is C12H14FNO5S. The molecule has 2 N–H and O–H groups in total. The van der Waals surface area contributed by atoms with Gasteiger partial charge in [-0.2, -0.15) is 0 Å². The number of aliphatic hydroxyl groups excluding tert-OH is 2. The summed E-state index contributed by atoms with van der Waals surface area (Å²) in [6.45, 7) is 1.37. The van der Waals surface area contributed by atoms with Gasteiger partial charge in [0, 0.05) is 12.7 Å². The van der Waals surface area contributed by atoms with E-state index in [-0.39, 0.29) is 22.9 Å². The average Bonchev–Trinajstić information content (AvgIpc) is 2.37. The van der Waals surface area contributed by atoms with Crippen LogP contribution in [0.5, 0.6) is 0 Å². The van der Waals surface area contributed by atoms with Crippen LogP contribution in [0.3, 0.4) is 0 Å². The molecule has 0 heterocycles. The Balaban J connectivity index is 2.83. The zero-order valence-corrected chi connectivity index (χ0v) is 11.5. The first-order chi connectivity index (χ1) is 9.32. The van der Waals surface area contributed by atoms with E-state index in [1.54, 1.807) is 0 Å². The standard InChI is InChI=1S/C12H14FNO5S/c1-7(15)20-5-4-11(16)12(17)9-3-2-8(13)6-10(9)14(18)19/h2-3,6,11-12,16-17H,4-5H2,1H3. The van der Waals surface area contributed by atoms with E-state index in [9.17, 15) is 29.5 Å². The van der Waals surface area contributed by atoms with E-state index in [1.165, 1.54) is 6.92 Å². The highest BCUT2D eigenvalue weighted by molar-refractivity contribution is 8.13. The Hall–Kier alpha value is -1.51. The average molecular weight is 303 g/mol. The summed E-state index contributed by atoms with van der Waals surface area (Å²) in [7, 11) is 0. The summed E-state index contributed by atoms with van der Waals surface area (Å²) < 4.78 is 13.0. The Labute approximate surface area is 118 Å². The molecule has 0 radical (unpaired) electrons. The zero-order chi connectivity index (χ0) is 15.3. The normalized spacial score (nSPS) is 13.8. The van der Waals surface area contributed by atoms with Crippen molar-refractivity contribution in [1.82, 2.24) is 0 Å². The van der Waals surface area contributed by atoms with Crippen molar-refractivity contribution in [1.29, 1.82) is 0 Å². The van der Waals surface area contributed by atoms with Gasteiger partial charge in [-0.05, 0) is 18.6 Å². The summed E-state index contributed by atoms with van der Waals surface area (Å²) >= 11 is 0.981. The molecule has 0 saturated carbocycles. The number of nitrogens with zero attached hydrogens (tertiary/aromatic N) is 1. The molecule has 0 amide bonds. The Bertz CT molecular complexity index is 511. The summed E-state index contributed by atoms with van der Waals surface area (Å²) in [5.41, 5.74) is -0.743. The van der Waals surface area contributed by atoms with Gasteiger partial charge in [0.1, 0.15) is 11.9 Å². The van der Waals surface area contributed by atoms with Crippen molar-refractivity contribution >= 4 is 22.6 Å². The summed E-state index contributed by atoms with van der Waals surface area (Å²) in [5, 5.41) is 30.3. The Morgan fingerprint density at radius 3 is 2.70 bits per heavy atom. The first kappa shape index (κ1) is 16.5. The van der Waals surface area contributed by atoms with E-state index in [4.69, 9.17) is 0 Å². The quantitative estimate of drug-likeness (QED) is 0.614. The highest BCUT2D eigenvalue weighted by Crippen LogP contribution is 2.29. The molecule has 2 unspecified atom stereocenters. The topological polar surface area (TPSA) is 101 Å².